The van der Waals surface area contributed by atoms with Gasteiger partial charge in [0, 0.05) is 29.5 Å². The van der Waals surface area contributed by atoms with Gasteiger partial charge in [-0.3, -0.25) is 0 Å². The van der Waals surface area contributed by atoms with Gasteiger partial charge in [0.1, 0.15) is 6.10 Å². The van der Waals surface area contributed by atoms with Crippen molar-refractivity contribution in [3.05, 3.63) is 17.5 Å². The summed E-state index contributed by atoms with van der Waals surface area (Å²) in [7, 11) is 0. The van der Waals surface area contributed by atoms with E-state index in [2.05, 4.69) is 36.1 Å². The second-order valence-corrected chi connectivity index (χ2v) is 6.39. The van der Waals surface area contributed by atoms with E-state index in [1.807, 2.05) is 13.1 Å². The minimum atomic E-state index is 0.103. The number of hydrogen-bond acceptors (Lipinski definition) is 4. The number of aryl methyl sites for hydroxylation is 1. The molecule has 0 unspecified atom stereocenters. The van der Waals surface area contributed by atoms with Crippen LogP contribution >= 0.6 is 0 Å². The Balaban J connectivity index is 1.96. The Morgan fingerprint density at radius 3 is 2.58 bits per heavy atom. The van der Waals surface area contributed by atoms with Crippen LogP contribution in [0.3, 0.4) is 0 Å². The molecule has 106 valence electrons. The van der Waals surface area contributed by atoms with E-state index in [1.165, 1.54) is 12.8 Å². The third-order valence-electron chi connectivity index (χ3n) is 3.44. The van der Waals surface area contributed by atoms with Gasteiger partial charge in [0.15, 0.2) is 0 Å². The van der Waals surface area contributed by atoms with E-state index in [-0.39, 0.29) is 5.54 Å². The van der Waals surface area contributed by atoms with Crippen molar-refractivity contribution >= 4 is 0 Å². The summed E-state index contributed by atoms with van der Waals surface area (Å²) in [6.07, 6.45) is 6.99. The van der Waals surface area contributed by atoms with Gasteiger partial charge in [0.2, 0.25) is 0 Å². The molecule has 1 N–H and O–H groups in total. The van der Waals surface area contributed by atoms with Crippen LogP contribution in [0.2, 0.25) is 0 Å². The second-order valence-electron chi connectivity index (χ2n) is 6.39. The summed E-state index contributed by atoms with van der Waals surface area (Å²) in [5, 5.41) is 3.45. The van der Waals surface area contributed by atoms with Gasteiger partial charge in [-0.25, -0.2) is 9.97 Å². The fourth-order valence-electron chi connectivity index (χ4n) is 2.22. The van der Waals surface area contributed by atoms with Gasteiger partial charge in [0.25, 0.3) is 0 Å². The molecule has 1 aromatic heterocycles. The lowest BCUT2D eigenvalue weighted by Crippen LogP contribution is -2.35. The summed E-state index contributed by atoms with van der Waals surface area (Å²) in [6, 6.07) is 0.531. The zero-order valence-electron chi connectivity index (χ0n) is 12.5. The molecule has 0 atom stereocenters. The molecular formula is C15H25N3O. The van der Waals surface area contributed by atoms with Gasteiger partial charge < -0.3 is 10.1 Å². The van der Waals surface area contributed by atoms with Crippen molar-refractivity contribution in [2.24, 2.45) is 0 Å². The van der Waals surface area contributed by atoms with Crippen molar-refractivity contribution in [2.45, 2.75) is 71.6 Å². The van der Waals surface area contributed by atoms with Crippen molar-refractivity contribution in [3.63, 3.8) is 0 Å². The first-order chi connectivity index (χ1) is 8.94. The van der Waals surface area contributed by atoms with E-state index in [0.717, 1.165) is 30.6 Å². The second kappa shape index (κ2) is 5.87. The molecule has 0 spiro atoms. The summed E-state index contributed by atoms with van der Waals surface area (Å²) < 4.78 is 5.81. The molecule has 0 bridgehead atoms. The summed E-state index contributed by atoms with van der Waals surface area (Å²) >= 11 is 0. The monoisotopic (exact) mass is 263 g/mol. The van der Waals surface area contributed by atoms with Crippen LogP contribution in [0.4, 0.5) is 0 Å². The van der Waals surface area contributed by atoms with Gasteiger partial charge >= 0.3 is 6.01 Å². The highest BCUT2D eigenvalue weighted by molar-refractivity contribution is 5.18. The van der Waals surface area contributed by atoms with E-state index in [1.54, 1.807) is 0 Å². The molecule has 19 heavy (non-hydrogen) atoms. The van der Waals surface area contributed by atoms with Crippen LogP contribution in [-0.2, 0) is 6.54 Å². The highest BCUT2D eigenvalue weighted by Gasteiger charge is 2.18. The highest BCUT2D eigenvalue weighted by Crippen LogP contribution is 2.22. The van der Waals surface area contributed by atoms with Crippen LogP contribution in [0.5, 0.6) is 6.01 Å². The third kappa shape index (κ3) is 4.46. The van der Waals surface area contributed by atoms with E-state index in [0.29, 0.717) is 12.1 Å². The summed E-state index contributed by atoms with van der Waals surface area (Å²) in [6.45, 7) is 9.27. The molecule has 1 aromatic rings. The first kappa shape index (κ1) is 14.3. The predicted octanol–water partition coefficient (Wildman–Crippen LogP) is 2.99. The molecule has 2 rings (SSSR count). The molecule has 0 aromatic carbocycles. The van der Waals surface area contributed by atoms with E-state index >= 15 is 0 Å². The lowest BCUT2D eigenvalue weighted by molar-refractivity contribution is 0.191. The van der Waals surface area contributed by atoms with Crippen LogP contribution < -0.4 is 10.1 Å². The molecule has 0 aliphatic heterocycles. The van der Waals surface area contributed by atoms with Gasteiger partial charge in [0.05, 0.1) is 0 Å². The minimum absolute atomic E-state index is 0.103. The average molecular weight is 263 g/mol. The molecule has 1 saturated carbocycles. The SMILES string of the molecule is Cc1nc(OC2CCCC2)ncc1CNC(C)(C)C. The first-order valence-corrected chi connectivity index (χ1v) is 7.18. The fraction of sp³-hybridized carbons (Fsp3) is 0.733. The Morgan fingerprint density at radius 2 is 2.00 bits per heavy atom. The number of nitrogens with zero attached hydrogens (tertiary/aromatic N) is 2. The summed E-state index contributed by atoms with van der Waals surface area (Å²) in [5.41, 5.74) is 2.24. The Kier molecular flexibility index (Phi) is 4.40. The van der Waals surface area contributed by atoms with Gasteiger partial charge in [-0.1, -0.05) is 0 Å². The van der Waals surface area contributed by atoms with E-state index < -0.39 is 0 Å². The molecule has 1 heterocycles. The van der Waals surface area contributed by atoms with Crippen LogP contribution in [0, 0.1) is 6.92 Å². The van der Waals surface area contributed by atoms with Crippen molar-refractivity contribution in [1.29, 1.82) is 0 Å². The maximum atomic E-state index is 5.81. The largest absolute Gasteiger partial charge is 0.460 e. The molecule has 0 radical (unpaired) electrons. The predicted molar refractivity (Wildman–Crippen MR) is 76.2 cm³/mol. The van der Waals surface area contributed by atoms with E-state index in [9.17, 15) is 0 Å². The Labute approximate surface area is 116 Å². The molecule has 4 heteroatoms. The Bertz CT molecular complexity index is 420. The number of aromatic nitrogens is 2. The lowest BCUT2D eigenvalue weighted by Gasteiger charge is -2.21. The normalized spacial score (nSPS) is 16.8. The maximum absolute atomic E-state index is 5.81. The molecule has 1 fully saturated rings. The number of rotatable bonds is 4. The number of ether oxygens (including phenoxy) is 1. The van der Waals surface area contributed by atoms with Gasteiger partial charge in [-0.05, 0) is 53.4 Å². The van der Waals surface area contributed by atoms with Crippen molar-refractivity contribution in [2.75, 3.05) is 0 Å². The van der Waals surface area contributed by atoms with Crippen molar-refractivity contribution in [1.82, 2.24) is 15.3 Å². The molecule has 1 aliphatic carbocycles. The average Bonchev–Trinajstić information content (AvgIpc) is 2.79. The van der Waals surface area contributed by atoms with E-state index in [4.69, 9.17) is 4.74 Å². The number of hydrogen-bond donors (Lipinski definition) is 1. The molecule has 1 aliphatic rings. The van der Waals surface area contributed by atoms with Crippen molar-refractivity contribution < 1.29 is 4.74 Å². The lowest BCUT2D eigenvalue weighted by atomic mass is 10.1. The van der Waals surface area contributed by atoms with Gasteiger partial charge in [-0.15, -0.1) is 0 Å². The van der Waals surface area contributed by atoms with Crippen LogP contribution in [0.15, 0.2) is 6.20 Å². The van der Waals surface area contributed by atoms with Gasteiger partial charge in [-0.2, -0.15) is 0 Å². The molecule has 0 saturated heterocycles. The van der Waals surface area contributed by atoms with Crippen LogP contribution in [0.25, 0.3) is 0 Å². The van der Waals surface area contributed by atoms with Crippen molar-refractivity contribution in [3.8, 4) is 6.01 Å². The topological polar surface area (TPSA) is 47.0 Å². The molecule has 4 nitrogen and oxygen atoms in total. The minimum Gasteiger partial charge on any atom is -0.460 e. The molecule has 0 amide bonds. The standard InChI is InChI=1S/C15H25N3O/c1-11-12(10-17-15(2,3)4)9-16-14(18-11)19-13-7-5-6-8-13/h9,13,17H,5-8,10H2,1-4H3. The first-order valence-electron chi connectivity index (χ1n) is 7.18. The maximum Gasteiger partial charge on any atom is 0.316 e. The number of nitrogens with one attached hydrogen (secondary N) is 1. The Morgan fingerprint density at radius 1 is 1.32 bits per heavy atom. The fourth-order valence-corrected chi connectivity index (χ4v) is 2.22. The highest BCUT2D eigenvalue weighted by atomic mass is 16.5. The summed E-state index contributed by atoms with van der Waals surface area (Å²) in [5.74, 6) is 0. The van der Waals surface area contributed by atoms with Crippen LogP contribution in [0.1, 0.15) is 57.7 Å². The zero-order chi connectivity index (χ0) is 13.9. The quantitative estimate of drug-likeness (QED) is 0.907. The smallest absolute Gasteiger partial charge is 0.316 e. The summed E-state index contributed by atoms with van der Waals surface area (Å²) in [4.78, 5) is 8.79. The molecular weight excluding hydrogens is 238 g/mol. The zero-order valence-corrected chi connectivity index (χ0v) is 12.5. The third-order valence-corrected chi connectivity index (χ3v) is 3.44. The Hall–Kier alpha value is -1.16. The van der Waals surface area contributed by atoms with Crippen LogP contribution in [-0.4, -0.2) is 21.6 Å².